The first-order valence-corrected chi connectivity index (χ1v) is 7.42. The van der Waals surface area contributed by atoms with Gasteiger partial charge in [-0.25, -0.2) is 0 Å². The number of nitrogens with zero attached hydrogens (tertiary/aromatic N) is 1. The van der Waals surface area contributed by atoms with E-state index in [1.165, 1.54) is 20.0 Å². The lowest BCUT2D eigenvalue weighted by Crippen LogP contribution is -2.56. The number of ether oxygens (including phenoxy) is 1. The minimum Gasteiger partial charge on any atom is -0.468 e. The number of rotatable bonds is 6. The molecule has 3 atom stereocenters. The van der Waals surface area contributed by atoms with Gasteiger partial charge in [-0.15, -0.1) is 0 Å². The number of hydrogen-bond acceptors (Lipinski definition) is 4. The van der Waals surface area contributed by atoms with Gasteiger partial charge in [0.2, 0.25) is 0 Å². The summed E-state index contributed by atoms with van der Waals surface area (Å²) in [6.45, 7) is 11.7. The largest absolute Gasteiger partial charge is 0.468 e. The summed E-state index contributed by atoms with van der Waals surface area (Å²) in [5.74, 6) is -0.167. The van der Waals surface area contributed by atoms with Crippen molar-refractivity contribution in [2.24, 2.45) is 0 Å². The summed E-state index contributed by atoms with van der Waals surface area (Å²) < 4.78 is 4.99. The number of likely N-dealkylation sites (tertiary alicyclic amines) is 1. The molecule has 1 aliphatic rings. The van der Waals surface area contributed by atoms with Crippen molar-refractivity contribution >= 4 is 5.97 Å². The lowest BCUT2D eigenvalue weighted by atomic mass is 9.91. The van der Waals surface area contributed by atoms with Crippen LogP contribution in [0.2, 0.25) is 0 Å². The number of methoxy groups -OCH3 is 1. The van der Waals surface area contributed by atoms with E-state index in [0.29, 0.717) is 12.1 Å². The Morgan fingerprint density at radius 1 is 1.47 bits per heavy atom. The highest BCUT2D eigenvalue weighted by Gasteiger charge is 2.38. The molecule has 1 aliphatic heterocycles. The normalized spacial score (nSPS) is 25.3. The molecule has 1 rings (SSSR count). The number of esters is 1. The molecule has 1 heterocycles. The van der Waals surface area contributed by atoms with E-state index in [2.05, 4.69) is 37.9 Å². The molecule has 0 radical (unpaired) electrons. The van der Waals surface area contributed by atoms with Crippen LogP contribution in [0.5, 0.6) is 0 Å². The summed E-state index contributed by atoms with van der Waals surface area (Å²) >= 11 is 0. The van der Waals surface area contributed by atoms with Gasteiger partial charge in [0.1, 0.15) is 5.54 Å². The molecular formula is C15H30N2O2. The molecule has 19 heavy (non-hydrogen) atoms. The van der Waals surface area contributed by atoms with Gasteiger partial charge in [0, 0.05) is 18.1 Å². The average Bonchev–Trinajstić information content (AvgIpc) is 2.73. The van der Waals surface area contributed by atoms with E-state index < -0.39 is 5.54 Å². The summed E-state index contributed by atoms with van der Waals surface area (Å²) in [6.07, 6.45) is 3.30. The summed E-state index contributed by atoms with van der Waals surface area (Å²) in [4.78, 5) is 14.6. The van der Waals surface area contributed by atoms with E-state index in [9.17, 15) is 4.79 Å². The Bertz CT molecular complexity index is 307. The van der Waals surface area contributed by atoms with Crippen LogP contribution in [0, 0.1) is 0 Å². The highest BCUT2D eigenvalue weighted by Crippen LogP contribution is 2.25. The minimum atomic E-state index is -0.607. The molecule has 1 N–H and O–H groups in total. The van der Waals surface area contributed by atoms with Crippen LogP contribution < -0.4 is 5.32 Å². The Balaban J connectivity index is 2.73. The Morgan fingerprint density at radius 2 is 2.11 bits per heavy atom. The van der Waals surface area contributed by atoms with Crippen LogP contribution in [0.15, 0.2) is 0 Å². The number of nitrogens with one attached hydrogen (secondary N) is 1. The van der Waals surface area contributed by atoms with E-state index in [-0.39, 0.29) is 12.0 Å². The Morgan fingerprint density at radius 3 is 2.53 bits per heavy atom. The summed E-state index contributed by atoms with van der Waals surface area (Å²) in [5.41, 5.74) is -0.607. The third-order valence-corrected chi connectivity index (χ3v) is 4.12. The van der Waals surface area contributed by atoms with Crippen LogP contribution >= 0.6 is 0 Å². The van der Waals surface area contributed by atoms with Crippen LogP contribution in [-0.4, -0.2) is 48.2 Å². The van der Waals surface area contributed by atoms with Crippen LogP contribution in [0.25, 0.3) is 0 Å². The highest BCUT2D eigenvalue weighted by atomic mass is 16.5. The van der Waals surface area contributed by atoms with E-state index in [4.69, 9.17) is 4.74 Å². The van der Waals surface area contributed by atoms with Crippen molar-refractivity contribution in [3.8, 4) is 0 Å². The molecule has 4 nitrogen and oxygen atoms in total. The average molecular weight is 270 g/mol. The molecule has 0 aromatic carbocycles. The van der Waals surface area contributed by atoms with Crippen molar-refractivity contribution in [3.63, 3.8) is 0 Å². The Kier molecular flexibility index (Phi) is 5.81. The SMILES string of the molecule is COC(=O)C(C)(CC(C)N1CCCC1C)NC(C)C. The first kappa shape index (κ1) is 16.4. The second kappa shape index (κ2) is 6.71. The van der Waals surface area contributed by atoms with Crippen LogP contribution in [0.4, 0.5) is 0 Å². The van der Waals surface area contributed by atoms with Gasteiger partial charge in [-0.1, -0.05) is 0 Å². The lowest BCUT2D eigenvalue weighted by Gasteiger charge is -2.37. The molecule has 0 saturated carbocycles. The summed E-state index contributed by atoms with van der Waals surface area (Å²) in [5, 5.41) is 3.37. The van der Waals surface area contributed by atoms with Crippen molar-refractivity contribution in [3.05, 3.63) is 0 Å². The Hall–Kier alpha value is -0.610. The number of carbonyl (C=O) groups excluding carboxylic acids is 1. The maximum atomic E-state index is 12.1. The molecule has 1 saturated heterocycles. The van der Waals surface area contributed by atoms with Gasteiger partial charge in [0.15, 0.2) is 0 Å². The van der Waals surface area contributed by atoms with Crippen molar-refractivity contribution in [1.29, 1.82) is 0 Å². The van der Waals surface area contributed by atoms with Gasteiger partial charge in [0.05, 0.1) is 7.11 Å². The van der Waals surface area contributed by atoms with Gasteiger partial charge < -0.3 is 4.74 Å². The third kappa shape index (κ3) is 4.18. The molecule has 4 heteroatoms. The van der Waals surface area contributed by atoms with Crippen LogP contribution in [0.3, 0.4) is 0 Å². The second-order valence-corrected chi connectivity index (χ2v) is 6.40. The van der Waals surface area contributed by atoms with Crippen LogP contribution in [-0.2, 0) is 9.53 Å². The molecule has 0 aromatic rings. The predicted molar refractivity (Wildman–Crippen MR) is 78.2 cm³/mol. The molecule has 0 aliphatic carbocycles. The standard InChI is InChI=1S/C15H30N2O2/c1-11(2)16-15(5,14(18)19-6)10-13(4)17-9-7-8-12(17)3/h11-13,16H,7-10H2,1-6H3. The van der Waals surface area contributed by atoms with Gasteiger partial charge >= 0.3 is 5.97 Å². The number of carbonyl (C=O) groups is 1. The molecule has 1 fully saturated rings. The molecule has 112 valence electrons. The van der Waals surface area contributed by atoms with Gasteiger partial charge in [-0.3, -0.25) is 15.0 Å². The maximum Gasteiger partial charge on any atom is 0.325 e. The molecule has 0 aromatic heterocycles. The maximum absolute atomic E-state index is 12.1. The fourth-order valence-electron chi connectivity index (χ4n) is 3.38. The zero-order chi connectivity index (χ0) is 14.6. The van der Waals surface area contributed by atoms with E-state index in [0.717, 1.165) is 13.0 Å². The topological polar surface area (TPSA) is 41.6 Å². The molecule has 0 bridgehead atoms. The highest BCUT2D eigenvalue weighted by molar-refractivity contribution is 5.80. The van der Waals surface area contributed by atoms with Crippen LogP contribution in [0.1, 0.15) is 53.9 Å². The summed E-state index contributed by atoms with van der Waals surface area (Å²) in [7, 11) is 1.46. The zero-order valence-electron chi connectivity index (χ0n) is 13.3. The molecule has 3 unspecified atom stereocenters. The minimum absolute atomic E-state index is 0.167. The van der Waals surface area contributed by atoms with E-state index in [1.54, 1.807) is 0 Å². The van der Waals surface area contributed by atoms with Gasteiger partial charge in [-0.2, -0.15) is 0 Å². The molecular weight excluding hydrogens is 240 g/mol. The zero-order valence-corrected chi connectivity index (χ0v) is 13.3. The Labute approximate surface area is 117 Å². The molecule has 0 amide bonds. The quantitative estimate of drug-likeness (QED) is 0.751. The second-order valence-electron chi connectivity index (χ2n) is 6.40. The van der Waals surface area contributed by atoms with Crippen molar-refractivity contribution < 1.29 is 9.53 Å². The van der Waals surface area contributed by atoms with Crippen molar-refractivity contribution in [2.75, 3.05) is 13.7 Å². The van der Waals surface area contributed by atoms with Gasteiger partial charge in [0.25, 0.3) is 0 Å². The third-order valence-electron chi connectivity index (χ3n) is 4.12. The fourth-order valence-corrected chi connectivity index (χ4v) is 3.38. The predicted octanol–water partition coefficient (Wildman–Crippen LogP) is 2.18. The van der Waals surface area contributed by atoms with Crippen molar-refractivity contribution in [1.82, 2.24) is 10.2 Å². The van der Waals surface area contributed by atoms with E-state index >= 15 is 0 Å². The fraction of sp³-hybridized carbons (Fsp3) is 0.933. The molecule has 0 spiro atoms. The number of hydrogen-bond donors (Lipinski definition) is 1. The van der Waals surface area contributed by atoms with Gasteiger partial charge in [-0.05, 0) is 60.4 Å². The first-order chi connectivity index (χ1) is 8.80. The first-order valence-electron chi connectivity index (χ1n) is 7.42. The van der Waals surface area contributed by atoms with Crippen molar-refractivity contribution in [2.45, 2.75) is 77.5 Å². The van der Waals surface area contributed by atoms with E-state index in [1.807, 2.05) is 6.92 Å². The lowest BCUT2D eigenvalue weighted by molar-refractivity contribution is -0.149. The summed E-state index contributed by atoms with van der Waals surface area (Å²) in [6, 6.07) is 1.26. The smallest absolute Gasteiger partial charge is 0.325 e. The monoisotopic (exact) mass is 270 g/mol.